The van der Waals surface area contributed by atoms with E-state index in [0.717, 1.165) is 48.1 Å². The van der Waals surface area contributed by atoms with Gasteiger partial charge in [-0.1, -0.05) is 47.6 Å². The molecule has 3 aromatic carbocycles. The van der Waals surface area contributed by atoms with Crippen molar-refractivity contribution in [3.63, 3.8) is 0 Å². The number of nitrogens with zero attached hydrogens (tertiary/aromatic N) is 5. The van der Waals surface area contributed by atoms with E-state index in [4.69, 9.17) is 4.98 Å². The van der Waals surface area contributed by atoms with E-state index in [1.807, 2.05) is 64.9 Å². The lowest BCUT2D eigenvalue weighted by Gasteiger charge is -2.40. The second-order valence-corrected chi connectivity index (χ2v) is 13.3. The first-order valence-corrected chi connectivity index (χ1v) is 17.2. The molecular weight excluding hydrogens is 668 g/mol. The number of amides is 2. The molecule has 0 bridgehead atoms. The number of benzene rings is 3. The number of piperidine rings is 1. The minimum atomic E-state index is -4.78. The van der Waals surface area contributed by atoms with Crippen molar-refractivity contribution >= 4 is 28.8 Å². The number of halogens is 3. The highest BCUT2D eigenvalue weighted by atomic mass is 32.1. The van der Waals surface area contributed by atoms with Crippen LogP contribution in [0, 0.1) is 0 Å². The standard InChI is InChI=1S/C36H34F3N7O3S/c37-36(38,39)33-43-30(44-49-33)26-7-4-8-27(21-26)31(47)41-23-35(34-42-29(22-50-34)24-5-2-1-3-6-24)13-17-46(18-14-35)32(48)25-9-11-28(12-10-25)45-19-15-40-16-20-45/h1-12,21-22,40H,13-20,23H2,(H,41,47). The van der Waals surface area contributed by atoms with Crippen molar-refractivity contribution < 1.29 is 27.3 Å². The Kier molecular flexibility index (Phi) is 9.38. The number of rotatable bonds is 8. The molecule has 258 valence electrons. The monoisotopic (exact) mass is 701 g/mol. The van der Waals surface area contributed by atoms with E-state index in [9.17, 15) is 22.8 Å². The molecule has 0 aliphatic carbocycles. The molecular formula is C36H34F3N7O3S. The number of carbonyl (C=O) groups is 2. The summed E-state index contributed by atoms with van der Waals surface area (Å²) in [6.07, 6.45) is -3.63. The summed E-state index contributed by atoms with van der Waals surface area (Å²) in [4.78, 5) is 39.7. The molecule has 0 saturated carbocycles. The van der Waals surface area contributed by atoms with Gasteiger partial charge in [0.25, 0.3) is 11.8 Å². The number of anilines is 1. The second-order valence-electron chi connectivity index (χ2n) is 12.4. The Balaban J connectivity index is 1.08. The van der Waals surface area contributed by atoms with Crippen LogP contribution in [0.25, 0.3) is 22.6 Å². The Morgan fingerprint density at radius 2 is 1.60 bits per heavy atom. The van der Waals surface area contributed by atoms with Crippen molar-refractivity contribution in [1.29, 1.82) is 0 Å². The van der Waals surface area contributed by atoms with Gasteiger partial charge in [0.05, 0.1) is 5.69 Å². The predicted octanol–water partition coefficient (Wildman–Crippen LogP) is 5.89. The average molecular weight is 702 g/mol. The molecule has 0 unspecified atom stereocenters. The fourth-order valence-electron chi connectivity index (χ4n) is 6.39. The summed E-state index contributed by atoms with van der Waals surface area (Å²) in [7, 11) is 0. The van der Waals surface area contributed by atoms with Crippen LogP contribution in [0.15, 0.2) is 88.8 Å². The van der Waals surface area contributed by atoms with E-state index in [0.29, 0.717) is 31.5 Å². The van der Waals surface area contributed by atoms with Crippen LogP contribution in [0.3, 0.4) is 0 Å². The van der Waals surface area contributed by atoms with E-state index in [-0.39, 0.29) is 29.4 Å². The van der Waals surface area contributed by atoms with Crippen LogP contribution in [-0.4, -0.2) is 77.7 Å². The van der Waals surface area contributed by atoms with Gasteiger partial charge in [0.2, 0.25) is 5.82 Å². The topological polar surface area (TPSA) is 116 Å². The number of nitrogens with one attached hydrogen (secondary N) is 2. The fraction of sp³-hybridized carbons (Fsp3) is 0.306. The molecule has 2 N–H and O–H groups in total. The van der Waals surface area contributed by atoms with Gasteiger partial charge in [0.15, 0.2) is 0 Å². The van der Waals surface area contributed by atoms with Crippen molar-refractivity contribution in [3.05, 3.63) is 106 Å². The SMILES string of the molecule is O=C(NCC1(c2nc(-c3ccccc3)cs2)CCN(C(=O)c2ccc(N3CCNCC3)cc2)CC1)c1cccc(-c2noc(C(F)(F)F)n2)c1. The lowest BCUT2D eigenvalue weighted by Crippen LogP contribution is -2.50. The number of hydrogen-bond donors (Lipinski definition) is 2. The quantitative estimate of drug-likeness (QED) is 0.206. The molecule has 4 heterocycles. The zero-order valence-electron chi connectivity index (χ0n) is 26.9. The lowest BCUT2D eigenvalue weighted by atomic mass is 9.78. The molecule has 2 aliphatic heterocycles. The largest absolute Gasteiger partial charge is 0.471 e. The van der Waals surface area contributed by atoms with Crippen molar-refractivity contribution in [2.45, 2.75) is 24.4 Å². The van der Waals surface area contributed by atoms with Crippen LogP contribution in [-0.2, 0) is 11.6 Å². The fourth-order valence-corrected chi connectivity index (χ4v) is 7.48. The summed E-state index contributed by atoms with van der Waals surface area (Å²) >= 11 is 1.53. The van der Waals surface area contributed by atoms with Gasteiger partial charge in [-0.15, -0.1) is 11.3 Å². The Morgan fingerprint density at radius 1 is 0.880 bits per heavy atom. The summed E-state index contributed by atoms with van der Waals surface area (Å²) in [6, 6.07) is 23.7. The van der Waals surface area contributed by atoms with Crippen LogP contribution in [0.4, 0.5) is 18.9 Å². The molecule has 50 heavy (non-hydrogen) atoms. The normalized spacial score (nSPS) is 16.3. The molecule has 10 nitrogen and oxygen atoms in total. The molecule has 2 saturated heterocycles. The Morgan fingerprint density at radius 3 is 2.30 bits per heavy atom. The third kappa shape index (κ3) is 7.12. The number of likely N-dealkylation sites (tertiary alicyclic amines) is 1. The number of aromatic nitrogens is 3. The first-order valence-electron chi connectivity index (χ1n) is 16.3. The maximum atomic E-state index is 13.6. The van der Waals surface area contributed by atoms with E-state index < -0.39 is 23.4 Å². The first-order chi connectivity index (χ1) is 24.2. The molecule has 0 spiro atoms. The minimum absolute atomic E-state index is 0.0365. The third-order valence-electron chi connectivity index (χ3n) is 9.27. The Labute approximate surface area is 290 Å². The highest BCUT2D eigenvalue weighted by molar-refractivity contribution is 7.10. The second kappa shape index (κ2) is 14.0. The number of hydrogen-bond acceptors (Lipinski definition) is 9. The van der Waals surface area contributed by atoms with Crippen molar-refractivity contribution in [3.8, 4) is 22.6 Å². The molecule has 7 rings (SSSR count). The van der Waals surface area contributed by atoms with Gasteiger partial charge >= 0.3 is 12.1 Å². The van der Waals surface area contributed by atoms with Crippen molar-refractivity contribution in [2.75, 3.05) is 50.7 Å². The van der Waals surface area contributed by atoms with Crippen LogP contribution < -0.4 is 15.5 Å². The van der Waals surface area contributed by atoms with Gasteiger partial charge < -0.3 is 25.0 Å². The zero-order valence-corrected chi connectivity index (χ0v) is 27.8. The number of piperazine rings is 1. The van der Waals surface area contributed by atoms with Crippen molar-refractivity contribution in [1.82, 2.24) is 30.7 Å². The molecule has 14 heteroatoms. The summed E-state index contributed by atoms with van der Waals surface area (Å²) < 4.78 is 43.4. The average Bonchev–Trinajstić information content (AvgIpc) is 3.87. The third-order valence-corrected chi connectivity index (χ3v) is 10.4. The van der Waals surface area contributed by atoms with Gasteiger partial charge in [0.1, 0.15) is 5.01 Å². The van der Waals surface area contributed by atoms with Crippen LogP contribution >= 0.6 is 11.3 Å². The van der Waals surface area contributed by atoms with Crippen LogP contribution in [0.1, 0.15) is 44.5 Å². The minimum Gasteiger partial charge on any atom is -0.369 e. The maximum absolute atomic E-state index is 13.6. The maximum Gasteiger partial charge on any atom is 0.471 e. The Bertz CT molecular complexity index is 1950. The number of alkyl halides is 3. The Hall–Kier alpha value is -5.08. The highest BCUT2D eigenvalue weighted by Gasteiger charge is 2.41. The van der Waals surface area contributed by atoms with E-state index in [1.165, 1.54) is 23.5 Å². The molecule has 2 aliphatic rings. The van der Waals surface area contributed by atoms with Gasteiger partial charge in [-0.3, -0.25) is 9.59 Å². The van der Waals surface area contributed by atoms with E-state index in [2.05, 4.69) is 30.2 Å². The summed E-state index contributed by atoms with van der Waals surface area (Å²) in [5.41, 5.74) is 3.45. The van der Waals surface area contributed by atoms with Gasteiger partial charge in [-0.05, 0) is 49.2 Å². The zero-order chi connectivity index (χ0) is 34.7. The smallest absolute Gasteiger partial charge is 0.369 e. The van der Waals surface area contributed by atoms with Gasteiger partial charge in [0, 0.05) is 84.5 Å². The van der Waals surface area contributed by atoms with E-state index in [1.54, 1.807) is 12.1 Å². The van der Waals surface area contributed by atoms with Crippen LogP contribution in [0.2, 0.25) is 0 Å². The van der Waals surface area contributed by atoms with Crippen LogP contribution in [0.5, 0.6) is 0 Å². The lowest BCUT2D eigenvalue weighted by molar-refractivity contribution is -0.159. The highest BCUT2D eigenvalue weighted by Crippen LogP contribution is 2.39. The predicted molar refractivity (Wildman–Crippen MR) is 183 cm³/mol. The molecule has 2 amide bonds. The summed E-state index contributed by atoms with van der Waals surface area (Å²) in [6.45, 7) is 4.91. The van der Waals surface area contributed by atoms with Crippen molar-refractivity contribution in [2.24, 2.45) is 0 Å². The van der Waals surface area contributed by atoms with E-state index >= 15 is 0 Å². The molecule has 0 atom stereocenters. The number of carbonyl (C=O) groups excluding carboxylic acids is 2. The molecule has 0 radical (unpaired) electrons. The number of thiazole rings is 1. The molecule has 2 fully saturated rings. The molecule has 5 aromatic rings. The van der Waals surface area contributed by atoms with Gasteiger partial charge in [-0.2, -0.15) is 18.2 Å². The summed E-state index contributed by atoms with van der Waals surface area (Å²) in [5, 5.41) is 12.7. The first kappa shape index (κ1) is 33.4. The molecule has 2 aromatic heterocycles. The van der Waals surface area contributed by atoms with Gasteiger partial charge in [-0.25, -0.2) is 4.98 Å². The summed E-state index contributed by atoms with van der Waals surface area (Å²) in [5.74, 6) is -2.17.